The average molecular weight is 324 g/mol. The topological polar surface area (TPSA) is 46.2 Å². The van der Waals surface area contributed by atoms with Gasteiger partial charge in [0.2, 0.25) is 10.0 Å². The minimum Gasteiger partial charge on any atom is -0.283 e. The van der Waals surface area contributed by atoms with E-state index in [1.165, 1.54) is 0 Å². The summed E-state index contributed by atoms with van der Waals surface area (Å²) in [6, 6.07) is 16.8. The fourth-order valence-corrected chi connectivity index (χ4v) is 3.85. The summed E-state index contributed by atoms with van der Waals surface area (Å²) in [5, 5.41) is 0. The van der Waals surface area contributed by atoms with E-state index < -0.39 is 10.0 Å². The molecule has 112 valence electrons. The Balaban J connectivity index is 2.12. The number of anilines is 1. The van der Waals surface area contributed by atoms with Crippen LogP contribution < -0.4 is 4.72 Å². The van der Waals surface area contributed by atoms with Gasteiger partial charge in [-0.2, -0.15) is 0 Å². The highest BCUT2D eigenvalue weighted by Gasteiger charge is 2.18. The summed E-state index contributed by atoms with van der Waals surface area (Å²) in [4.78, 5) is 0. The van der Waals surface area contributed by atoms with E-state index in [4.69, 9.17) is 11.6 Å². The first kappa shape index (κ1) is 15.9. The summed E-state index contributed by atoms with van der Waals surface area (Å²) in [6.07, 6.45) is 0. The Hall–Kier alpha value is -1.52. The molecule has 0 aliphatic heterocycles. The average Bonchev–Trinajstić information content (AvgIpc) is 2.47. The van der Waals surface area contributed by atoms with Crippen LogP contribution in [0.5, 0.6) is 0 Å². The SMILES string of the molecule is CC(CS(=O)(=O)Nc1ccccc1CCl)c1ccccc1. The van der Waals surface area contributed by atoms with E-state index in [0.717, 1.165) is 11.1 Å². The maximum atomic E-state index is 12.3. The van der Waals surface area contributed by atoms with Crippen molar-refractivity contribution in [2.75, 3.05) is 10.5 Å². The van der Waals surface area contributed by atoms with Gasteiger partial charge in [-0.15, -0.1) is 11.6 Å². The zero-order valence-electron chi connectivity index (χ0n) is 11.8. The molecule has 1 N–H and O–H groups in total. The molecule has 5 heteroatoms. The van der Waals surface area contributed by atoms with Crippen molar-refractivity contribution in [3.8, 4) is 0 Å². The Morgan fingerprint density at radius 2 is 1.67 bits per heavy atom. The highest BCUT2D eigenvalue weighted by Crippen LogP contribution is 2.21. The van der Waals surface area contributed by atoms with Gasteiger partial charge in [0.15, 0.2) is 0 Å². The molecule has 0 aliphatic carbocycles. The summed E-state index contributed by atoms with van der Waals surface area (Å²) in [5.41, 5.74) is 2.33. The van der Waals surface area contributed by atoms with Crippen LogP contribution in [-0.4, -0.2) is 14.2 Å². The van der Waals surface area contributed by atoms with Crippen molar-refractivity contribution in [1.82, 2.24) is 0 Å². The third-order valence-electron chi connectivity index (χ3n) is 3.26. The van der Waals surface area contributed by atoms with Crippen LogP contribution in [0.3, 0.4) is 0 Å². The third-order valence-corrected chi connectivity index (χ3v) is 5.02. The monoisotopic (exact) mass is 323 g/mol. The molecule has 1 atom stereocenters. The molecule has 3 nitrogen and oxygen atoms in total. The second kappa shape index (κ2) is 6.96. The standard InChI is InChI=1S/C16H18ClNO2S/c1-13(14-7-3-2-4-8-14)12-21(19,20)18-16-10-6-5-9-15(16)11-17/h2-10,13,18H,11-12H2,1H3. The van der Waals surface area contributed by atoms with Gasteiger partial charge in [-0.3, -0.25) is 4.72 Å². The van der Waals surface area contributed by atoms with E-state index in [-0.39, 0.29) is 17.6 Å². The Kier molecular flexibility index (Phi) is 5.26. The first-order valence-corrected chi connectivity index (χ1v) is 8.90. The first-order valence-electron chi connectivity index (χ1n) is 6.71. The summed E-state index contributed by atoms with van der Waals surface area (Å²) in [6.45, 7) is 1.90. The van der Waals surface area contributed by atoms with Crippen LogP contribution in [0.2, 0.25) is 0 Å². The Morgan fingerprint density at radius 1 is 1.05 bits per heavy atom. The second-order valence-electron chi connectivity index (χ2n) is 4.99. The molecule has 0 bridgehead atoms. The van der Waals surface area contributed by atoms with E-state index in [1.54, 1.807) is 12.1 Å². The summed E-state index contributed by atoms with van der Waals surface area (Å²) in [5.74, 6) is 0.229. The van der Waals surface area contributed by atoms with E-state index in [9.17, 15) is 8.42 Å². The van der Waals surface area contributed by atoms with Gasteiger partial charge in [0.1, 0.15) is 0 Å². The quantitative estimate of drug-likeness (QED) is 0.818. The third kappa shape index (κ3) is 4.48. The molecule has 1 unspecified atom stereocenters. The number of rotatable bonds is 6. The van der Waals surface area contributed by atoms with E-state index in [0.29, 0.717) is 5.69 Å². The molecule has 0 spiro atoms. The van der Waals surface area contributed by atoms with Gasteiger partial charge in [0, 0.05) is 5.88 Å². The van der Waals surface area contributed by atoms with Crippen molar-refractivity contribution < 1.29 is 8.42 Å². The van der Waals surface area contributed by atoms with Crippen LogP contribution >= 0.6 is 11.6 Å². The zero-order chi connectivity index (χ0) is 15.3. The van der Waals surface area contributed by atoms with Gasteiger partial charge in [-0.1, -0.05) is 55.5 Å². The Labute approximate surface area is 131 Å². The van der Waals surface area contributed by atoms with E-state index >= 15 is 0 Å². The lowest BCUT2D eigenvalue weighted by molar-refractivity contribution is 0.595. The lowest BCUT2D eigenvalue weighted by Gasteiger charge is -2.15. The number of nitrogens with one attached hydrogen (secondary N) is 1. The molecule has 0 saturated carbocycles. The van der Waals surface area contributed by atoms with Gasteiger partial charge in [0.25, 0.3) is 0 Å². The normalized spacial score (nSPS) is 12.9. The number of sulfonamides is 1. The molecular formula is C16H18ClNO2S. The molecule has 0 saturated heterocycles. The highest BCUT2D eigenvalue weighted by atomic mass is 35.5. The summed E-state index contributed by atoms with van der Waals surface area (Å²) < 4.78 is 27.2. The van der Waals surface area contributed by atoms with Crippen LogP contribution in [0.1, 0.15) is 24.0 Å². The van der Waals surface area contributed by atoms with E-state index in [1.807, 2.05) is 49.4 Å². The van der Waals surface area contributed by atoms with Crippen LogP contribution in [0, 0.1) is 0 Å². The maximum Gasteiger partial charge on any atom is 0.233 e. The Bertz CT molecular complexity index is 686. The highest BCUT2D eigenvalue weighted by molar-refractivity contribution is 7.92. The fourth-order valence-electron chi connectivity index (χ4n) is 2.15. The van der Waals surface area contributed by atoms with Crippen molar-refractivity contribution in [1.29, 1.82) is 0 Å². The lowest BCUT2D eigenvalue weighted by Crippen LogP contribution is -2.21. The summed E-state index contributed by atoms with van der Waals surface area (Å²) in [7, 11) is -3.42. The smallest absolute Gasteiger partial charge is 0.233 e. The van der Waals surface area contributed by atoms with Crippen molar-refractivity contribution in [3.05, 3.63) is 65.7 Å². The minimum absolute atomic E-state index is 0.0354. The molecule has 0 radical (unpaired) electrons. The number of hydrogen-bond donors (Lipinski definition) is 1. The Morgan fingerprint density at radius 3 is 2.33 bits per heavy atom. The molecule has 2 aromatic rings. The second-order valence-corrected chi connectivity index (χ2v) is 7.02. The van der Waals surface area contributed by atoms with Crippen molar-refractivity contribution in [2.45, 2.75) is 18.7 Å². The number of halogens is 1. The number of benzene rings is 2. The van der Waals surface area contributed by atoms with Crippen LogP contribution in [0.25, 0.3) is 0 Å². The molecular weight excluding hydrogens is 306 g/mol. The molecule has 2 rings (SSSR count). The molecule has 21 heavy (non-hydrogen) atoms. The largest absolute Gasteiger partial charge is 0.283 e. The molecule has 2 aromatic carbocycles. The van der Waals surface area contributed by atoms with Gasteiger partial charge in [-0.05, 0) is 23.1 Å². The predicted molar refractivity (Wildman–Crippen MR) is 88.3 cm³/mol. The fraction of sp³-hybridized carbons (Fsp3) is 0.250. The van der Waals surface area contributed by atoms with Crippen molar-refractivity contribution in [2.24, 2.45) is 0 Å². The molecule has 0 fully saturated rings. The van der Waals surface area contributed by atoms with Gasteiger partial charge < -0.3 is 0 Å². The minimum atomic E-state index is -3.42. The molecule has 0 aliphatic rings. The van der Waals surface area contributed by atoms with Crippen LogP contribution in [0.15, 0.2) is 54.6 Å². The maximum absolute atomic E-state index is 12.3. The number of alkyl halides is 1. The van der Waals surface area contributed by atoms with Crippen molar-refractivity contribution in [3.63, 3.8) is 0 Å². The summed E-state index contributed by atoms with van der Waals surface area (Å²) >= 11 is 5.83. The van der Waals surface area contributed by atoms with Gasteiger partial charge in [0.05, 0.1) is 11.4 Å². The van der Waals surface area contributed by atoms with Crippen LogP contribution in [0.4, 0.5) is 5.69 Å². The lowest BCUT2D eigenvalue weighted by atomic mass is 10.0. The molecule has 0 amide bonds. The molecule has 0 heterocycles. The number of para-hydroxylation sites is 1. The first-order chi connectivity index (χ1) is 10.0. The number of hydrogen-bond acceptors (Lipinski definition) is 2. The van der Waals surface area contributed by atoms with E-state index in [2.05, 4.69) is 4.72 Å². The van der Waals surface area contributed by atoms with Crippen molar-refractivity contribution >= 4 is 27.3 Å². The zero-order valence-corrected chi connectivity index (χ0v) is 13.4. The van der Waals surface area contributed by atoms with Crippen LogP contribution in [-0.2, 0) is 15.9 Å². The molecule has 0 aromatic heterocycles. The predicted octanol–water partition coefficient (Wildman–Crippen LogP) is 3.97. The van der Waals surface area contributed by atoms with Gasteiger partial charge in [-0.25, -0.2) is 8.42 Å². The van der Waals surface area contributed by atoms with Gasteiger partial charge >= 0.3 is 0 Å².